The lowest BCUT2D eigenvalue weighted by atomic mass is 9.90. The van der Waals surface area contributed by atoms with Gasteiger partial charge >= 0.3 is 0 Å². The van der Waals surface area contributed by atoms with E-state index in [1.165, 1.54) is 0 Å². The molecule has 112 valence electrons. The van der Waals surface area contributed by atoms with Gasteiger partial charge in [-0.3, -0.25) is 0 Å². The summed E-state index contributed by atoms with van der Waals surface area (Å²) in [6.45, 7) is 7.65. The number of hydrogen-bond donors (Lipinski definition) is 1. The monoisotopic (exact) mass is 281 g/mol. The van der Waals surface area contributed by atoms with Gasteiger partial charge in [0.2, 0.25) is 0 Å². The largest absolute Gasteiger partial charge is 0.491 e. The molecule has 1 fully saturated rings. The summed E-state index contributed by atoms with van der Waals surface area (Å²) in [7, 11) is 0. The van der Waals surface area contributed by atoms with Crippen molar-refractivity contribution in [1.29, 1.82) is 0 Å². The van der Waals surface area contributed by atoms with Gasteiger partial charge in [-0.25, -0.2) is 4.39 Å². The van der Waals surface area contributed by atoms with Crippen molar-refractivity contribution < 1.29 is 13.9 Å². The van der Waals surface area contributed by atoms with Crippen LogP contribution in [0.25, 0.3) is 0 Å². The van der Waals surface area contributed by atoms with Gasteiger partial charge in [-0.15, -0.1) is 0 Å². The lowest BCUT2D eigenvalue weighted by Gasteiger charge is -2.30. The standard InChI is InChI=1S/C16H24FNO2/c1-12(2)20-15-6-4-13(5-7-15)16(3,17)10-14-11-19-9-8-18-14/h4-7,12,14,18H,8-11H2,1-3H3. The normalized spacial score (nSPS) is 22.6. The van der Waals surface area contributed by atoms with Gasteiger partial charge in [-0.05, 0) is 38.5 Å². The van der Waals surface area contributed by atoms with E-state index < -0.39 is 5.67 Å². The highest BCUT2D eigenvalue weighted by molar-refractivity contribution is 5.31. The average molecular weight is 281 g/mol. The van der Waals surface area contributed by atoms with Crippen molar-refractivity contribution in [2.75, 3.05) is 19.8 Å². The van der Waals surface area contributed by atoms with Crippen LogP contribution in [-0.4, -0.2) is 31.9 Å². The number of ether oxygens (including phenoxy) is 2. The fraction of sp³-hybridized carbons (Fsp3) is 0.625. The van der Waals surface area contributed by atoms with Crippen LogP contribution in [0.3, 0.4) is 0 Å². The average Bonchev–Trinajstić information content (AvgIpc) is 2.39. The Balaban J connectivity index is 2.00. The molecule has 0 aliphatic carbocycles. The predicted molar refractivity (Wildman–Crippen MR) is 77.9 cm³/mol. The van der Waals surface area contributed by atoms with Gasteiger partial charge in [-0.2, -0.15) is 0 Å². The first-order valence-corrected chi connectivity index (χ1v) is 7.24. The third kappa shape index (κ3) is 4.18. The van der Waals surface area contributed by atoms with Crippen LogP contribution < -0.4 is 10.1 Å². The highest BCUT2D eigenvalue weighted by atomic mass is 19.1. The molecular formula is C16H24FNO2. The first-order valence-electron chi connectivity index (χ1n) is 7.24. The van der Waals surface area contributed by atoms with Crippen molar-refractivity contribution in [2.45, 2.75) is 45.0 Å². The number of rotatable bonds is 5. The van der Waals surface area contributed by atoms with Crippen LogP contribution in [0, 0.1) is 0 Å². The molecule has 1 heterocycles. The summed E-state index contributed by atoms with van der Waals surface area (Å²) in [6.07, 6.45) is 0.540. The molecule has 1 aliphatic heterocycles. The summed E-state index contributed by atoms with van der Waals surface area (Å²) >= 11 is 0. The molecule has 0 amide bonds. The first-order chi connectivity index (χ1) is 9.47. The molecule has 20 heavy (non-hydrogen) atoms. The van der Waals surface area contributed by atoms with Crippen LogP contribution in [0.15, 0.2) is 24.3 Å². The zero-order valence-electron chi connectivity index (χ0n) is 12.5. The molecule has 1 saturated heterocycles. The summed E-state index contributed by atoms with van der Waals surface area (Å²) in [6, 6.07) is 7.35. The molecule has 0 aromatic heterocycles. The summed E-state index contributed by atoms with van der Waals surface area (Å²) in [5, 5.41) is 3.29. The van der Waals surface area contributed by atoms with E-state index in [1.807, 2.05) is 26.0 Å². The molecule has 1 aromatic carbocycles. The van der Waals surface area contributed by atoms with Crippen molar-refractivity contribution in [3.8, 4) is 5.75 Å². The van der Waals surface area contributed by atoms with Gasteiger partial charge in [0.15, 0.2) is 0 Å². The molecule has 2 atom stereocenters. The Kier molecular flexibility index (Phi) is 5.00. The van der Waals surface area contributed by atoms with Crippen molar-refractivity contribution in [3.05, 3.63) is 29.8 Å². The van der Waals surface area contributed by atoms with Crippen LogP contribution in [0.2, 0.25) is 0 Å². The van der Waals surface area contributed by atoms with Crippen LogP contribution in [0.4, 0.5) is 4.39 Å². The lowest BCUT2D eigenvalue weighted by molar-refractivity contribution is 0.0474. The quantitative estimate of drug-likeness (QED) is 0.900. The minimum atomic E-state index is -1.37. The van der Waals surface area contributed by atoms with Crippen LogP contribution in [0.1, 0.15) is 32.8 Å². The Morgan fingerprint density at radius 2 is 2.10 bits per heavy atom. The van der Waals surface area contributed by atoms with Crippen molar-refractivity contribution in [3.63, 3.8) is 0 Å². The van der Waals surface area contributed by atoms with Crippen molar-refractivity contribution >= 4 is 0 Å². The number of halogens is 1. The smallest absolute Gasteiger partial charge is 0.134 e. The van der Waals surface area contributed by atoms with E-state index in [1.54, 1.807) is 19.1 Å². The topological polar surface area (TPSA) is 30.5 Å². The third-order valence-corrected chi connectivity index (χ3v) is 3.46. The second-order valence-electron chi connectivity index (χ2n) is 5.82. The maximum atomic E-state index is 14.9. The minimum absolute atomic E-state index is 0.0744. The Morgan fingerprint density at radius 3 is 2.65 bits per heavy atom. The van der Waals surface area contributed by atoms with Gasteiger partial charge < -0.3 is 14.8 Å². The second-order valence-corrected chi connectivity index (χ2v) is 5.82. The van der Waals surface area contributed by atoms with Crippen LogP contribution >= 0.6 is 0 Å². The lowest BCUT2D eigenvalue weighted by Crippen LogP contribution is -2.44. The van der Waals surface area contributed by atoms with E-state index in [9.17, 15) is 4.39 Å². The molecule has 4 heteroatoms. The highest BCUT2D eigenvalue weighted by Crippen LogP contribution is 2.32. The molecule has 1 N–H and O–H groups in total. The summed E-state index contributed by atoms with van der Waals surface area (Å²) in [4.78, 5) is 0. The van der Waals surface area contributed by atoms with E-state index in [-0.39, 0.29) is 12.1 Å². The minimum Gasteiger partial charge on any atom is -0.491 e. The number of nitrogens with one attached hydrogen (secondary N) is 1. The summed E-state index contributed by atoms with van der Waals surface area (Å²) in [5.41, 5.74) is -0.685. The van der Waals surface area contributed by atoms with E-state index in [4.69, 9.17) is 9.47 Å². The second kappa shape index (κ2) is 6.55. The molecule has 0 saturated carbocycles. The third-order valence-electron chi connectivity index (χ3n) is 3.46. The van der Waals surface area contributed by atoms with Crippen molar-refractivity contribution in [2.24, 2.45) is 0 Å². The highest BCUT2D eigenvalue weighted by Gasteiger charge is 2.30. The number of hydrogen-bond acceptors (Lipinski definition) is 3. The SMILES string of the molecule is CC(C)Oc1ccc(C(C)(F)CC2COCCN2)cc1. The van der Waals surface area contributed by atoms with Crippen LogP contribution in [0.5, 0.6) is 5.75 Å². The fourth-order valence-corrected chi connectivity index (χ4v) is 2.48. The maximum absolute atomic E-state index is 14.9. The molecule has 0 spiro atoms. The molecular weight excluding hydrogens is 257 g/mol. The molecule has 2 unspecified atom stereocenters. The van der Waals surface area contributed by atoms with E-state index in [0.29, 0.717) is 25.2 Å². The molecule has 2 rings (SSSR count). The Labute approximate surface area is 120 Å². The van der Waals surface area contributed by atoms with Gasteiger partial charge in [0.1, 0.15) is 11.4 Å². The Hall–Kier alpha value is -1.13. The van der Waals surface area contributed by atoms with Gasteiger partial charge in [0.25, 0.3) is 0 Å². The summed E-state index contributed by atoms with van der Waals surface area (Å²) < 4.78 is 25.8. The first kappa shape index (κ1) is 15.3. The Bertz CT molecular complexity index is 411. The molecule has 1 aliphatic rings. The summed E-state index contributed by atoms with van der Waals surface area (Å²) in [5.74, 6) is 0.777. The van der Waals surface area contributed by atoms with Crippen LogP contribution in [-0.2, 0) is 10.4 Å². The Morgan fingerprint density at radius 1 is 1.40 bits per heavy atom. The number of alkyl halides is 1. The maximum Gasteiger partial charge on any atom is 0.134 e. The van der Waals surface area contributed by atoms with Crippen molar-refractivity contribution in [1.82, 2.24) is 5.32 Å². The molecule has 0 bridgehead atoms. The zero-order valence-corrected chi connectivity index (χ0v) is 12.5. The number of morpholine rings is 1. The van der Waals surface area contributed by atoms with Gasteiger partial charge in [-0.1, -0.05) is 12.1 Å². The fourth-order valence-electron chi connectivity index (χ4n) is 2.48. The number of benzene rings is 1. The van der Waals surface area contributed by atoms with E-state index in [0.717, 1.165) is 12.3 Å². The predicted octanol–water partition coefficient (Wildman–Crippen LogP) is 3.04. The van der Waals surface area contributed by atoms with Gasteiger partial charge in [0.05, 0.1) is 19.3 Å². The van der Waals surface area contributed by atoms with E-state index >= 15 is 0 Å². The molecule has 0 radical (unpaired) electrons. The van der Waals surface area contributed by atoms with Gasteiger partial charge in [0, 0.05) is 19.0 Å². The zero-order chi connectivity index (χ0) is 14.6. The molecule has 1 aromatic rings. The molecule has 3 nitrogen and oxygen atoms in total. The van der Waals surface area contributed by atoms with E-state index in [2.05, 4.69) is 5.32 Å².